The summed E-state index contributed by atoms with van der Waals surface area (Å²) in [6, 6.07) is 42.3. The van der Waals surface area contributed by atoms with Gasteiger partial charge >= 0.3 is 0 Å². The lowest BCUT2D eigenvalue weighted by Gasteiger charge is -2.10. The topological polar surface area (TPSA) is 51.6 Å². The minimum absolute atomic E-state index is 0.952. The highest BCUT2D eigenvalue weighted by molar-refractivity contribution is 9.11. The number of nitrogens with zero attached hydrogens (tertiary/aromatic N) is 4. The lowest BCUT2D eigenvalue weighted by Crippen LogP contribution is -1.90. The summed E-state index contributed by atoms with van der Waals surface area (Å²) in [4.78, 5) is 22.4. The molecule has 0 radical (unpaired) electrons. The normalized spacial score (nSPS) is 12.1. The standard InChI is InChI=1S/2C22H10Br2N2S/c23-11-5-7-13-16(9-11)17-10-12(24)6-8-14(17)20-19(13)25-21-15-3-1-2-4-18(15)27-22(21)26-20;23-11-5-7-13-14-8-6-12(24)10-17(14)20-19(16(13)9-11)25-21-15-3-1-2-4-18(15)27-22(21)26-20/h2*1-10H. The molecule has 0 saturated carbocycles. The van der Waals surface area contributed by atoms with Gasteiger partial charge in [-0.2, -0.15) is 0 Å². The summed E-state index contributed by atoms with van der Waals surface area (Å²) >= 11 is 17.9. The maximum Gasteiger partial charge on any atom is 0.143 e. The van der Waals surface area contributed by atoms with Crippen LogP contribution in [0.5, 0.6) is 0 Å². The lowest BCUT2D eigenvalue weighted by molar-refractivity contribution is 1.46. The molecule has 4 nitrogen and oxygen atoms in total. The van der Waals surface area contributed by atoms with Crippen molar-refractivity contribution >= 4 is 192 Å². The van der Waals surface area contributed by atoms with Gasteiger partial charge in [-0.25, -0.2) is 19.9 Å². The summed E-state index contributed by atoms with van der Waals surface area (Å²) in [6.07, 6.45) is 0. The number of fused-ring (bicyclic) bond motifs is 18. The van der Waals surface area contributed by atoms with E-state index in [2.05, 4.69) is 185 Å². The van der Waals surface area contributed by atoms with Gasteiger partial charge in [0.25, 0.3) is 0 Å². The van der Waals surface area contributed by atoms with Crippen molar-refractivity contribution < 1.29 is 0 Å². The van der Waals surface area contributed by atoms with Crippen LogP contribution in [0.4, 0.5) is 0 Å². The van der Waals surface area contributed by atoms with Gasteiger partial charge in [0.2, 0.25) is 0 Å². The molecule has 0 spiro atoms. The zero-order valence-corrected chi connectivity index (χ0v) is 35.6. The van der Waals surface area contributed by atoms with Crippen LogP contribution in [0, 0.1) is 0 Å². The Morgan fingerprint density at radius 1 is 0.296 bits per heavy atom. The van der Waals surface area contributed by atoms with Crippen LogP contribution >= 0.6 is 86.4 Å². The van der Waals surface area contributed by atoms with Gasteiger partial charge in [0, 0.05) is 59.6 Å². The number of halogens is 4. The number of hydrogen-bond donors (Lipinski definition) is 0. The molecule has 0 bridgehead atoms. The summed E-state index contributed by atoms with van der Waals surface area (Å²) in [7, 11) is 0. The van der Waals surface area contributed by atoms with Crippen molar-refractivity contribution in [1.29, 1.82) is 0 Å². The predicted octanol–water partition coefficient (Wildman–Crippen LogP) is 15.7. The first-order chi connectivity index (χ1) is 26.4. The van der Waals surface area contributed by atoms with Gasteiger partial charge in [0.05, 0.1) is 22.1 Å². The molecular weight excluding hydrogens is 968 g/mol. The van der Waals surface area contributed by atoms with Gasteiger partial charge < -0.3 is 0 Å². The van der Waals surface area contributed by atoms with Crippen LogP contribution in [0.2, 0.25) is 0 Å². The largest absolute Gasteiger partial charge is 0.242 e. The van der Waals surface area contributed by atoms with E-state index in [9.17, 15) is 0 Å². The Morgan fingerprint density at radius 2 is 0.648 bits per heavy atom. The van der Waals surface area contributed by atoms with Crippen molar-refractivity contribution in [2.45, 2.75) is 0 Å². The Hall–Kier alpha value is -4.16. The summed E-state index contributed by atoms with van der Waals surface area (Å²) in [5, 5.41) is 11.6. The smallest absolute Gasteiger partial charge is 0.143 e. The Balaban J connectivity index is 0.000000126. The first kappa shape index (κ1) is 33.2. The molecule has 54 heavy (non-hydrogen) atoms. The van der Waals surface area contributed by atoms with Gasteiger partial charge in [-0.05, 0) is 82.2 Å². The molecule has 0 saturated heterocycles. The maximum absolute atomic E-state index is 5.13. The van der Waals surface area contributed by atoms with Gasteiger partial charge in [0.15, 0.2) is 0 Å². The molecule has 0 fully saturated rings. The summed E-state index contributed by atoms with van der Waals surface area (Å²) < 4.78 is 6.66. The van der Waals surface area contributed by atoms with E-state index in [1.54, 1.807) is 22.7 Å². The molecule has 0 aliphatic heterocycles. The number of rotatable bonds is 0. The second-order valence-corrected chi connectivity index (χ2v) is 18.8. The third-order valence-corrected chi connectivity index (χ3v) is 14.0. The Kier molecular flexibility index (Phi) is 7.80. The van der Waals surface area contributed by atoms with Crippen LogP contribution in [-0.4, -0.2) is 19.9 Å². The molecular formula is C44H20Br4N4S2. The average molecular weight is 988 g/mol. The molecule has 8 aromatic carbocycles. The van der Waals surface area contributed by atoms with Gasteiger partial charge in [-0.3, -0.25) is 0 Å². The fourth-order valence-electron chi connectivity index (χ4n) is 7.58. The highest BCUT2D eigenvalue weighted by atomic mass is 79.9. The van der Waals surface area contributed by atoms with Crippen LogP contribution in [0.25, 0.3) is 106 Å². The fourth-order valence-corrected chi connectivity index (χ4v) is 11.1. The average Bonchev–Trinajstić information content (AvgIpc) is 3.74. The second-order valence-electron chi connectivity index (χ2n) is 13.1. The Morgan fingerprint density at radius 3 is 1.11 bits per heavy atom. The zero-order chi connectivity index (χ0) is 36.2. The molecule has 0 aliphatic carbocycles. The van der Waals surface area contributed by atoms with Crippen LogP contribution in [-0.2, 0) is 0 Å². The second kappa shape index (κ2) is 12.7. The molecule has 10 heteroatoms. The molecule has 0 atom stereocenters. The van der Waals surface area contributed by atoms with Crippen molar-refractivity contribution in [3.05, 3.63) is 139 Å². The van der Waals surface area contributed by atoms with E-state index in [1.807, 2.05) is 0 Å². The summed E-state index contributed by atoms with van der Waals surface area (Å²) in [5.41, 5.74) is 5.81. The molecule has 0 aliphatic rings. The zero-order valence-electron chi connectivity index (χ0n) is 27.7. The van der Waals surface area contributed by atoms with E-state index in [4.69, 9.17) is 19.9 Å². The highest BCUT2D eigenvalue weighted by Crippen LogP contribution is 2.41. The summed E-state index contributed by atoms with van der Waals surface area (Å²) in [6.45, 7) is 0. The molecule has 0 N–H and O–H groups in total. The van der Waals surface area contributed by atoms with Crippen molar-refractivity contribution in [3.63, 3.8) is 0 Å². The predicted molar refractivity (Wildman–Crippen MR) is 246 cm³/mol. The molecule has 256 valence electrons. The van der Waals surface area contributed by atoms with Crippen LogP contribution in [0.15, 0.2) is 139 Å². The van der Waals surface area contributed by atoms with Crippen LogP contribution < -0.4 is 0 Å². The van der Waals surface area contributed by atoms with E-state index < -0.39 is 0 Å². The van der Waals surface area contributed by atoms with Gasteiger partial charge in [0.1, 0.15) is 20.7 Å². The highest BCUT2D eigenvalue weighted by Gasteiger charge is 2.17. The van der Waals surface area contributed by atoms with E-state index in [0.29, 0.717) is 0 Å². The molecule has 4 aromatic heterocycles. The minimum atomic E-state index is 0.952. The molecule has 12 aromatic rings. The van der Waals surface area contributed by atoms with Crippen LogP contribution in [0.1, 0.15) is 0 Å². The molecule has 4 heterocycles. The Labute approximate surface area is 348 Å². The van der Waals surface area contributed by atoms with Crippen molar-refractivity contribution in [2.75, 3.05) is 0 Å². The molecule has 0 unspecified atom stereocenters. The SMILES string of the molecule is Brc1ccc2c(c1)c1cc(Br)ccc1c1nc3c(nc21)sc1ccccc13.Brc1ccc2c3ccc(Br)cc3c3nc4c(nc3c2c1)sc1ccccc14. The lowest BCUT2D eigenvalue weighted by atomic mass is 9.99. The maximum atomic E-state index is 5.13. The monoisotopic (exact) mass is 984 g/mol. The van der Waals surface area contributed by atoms with Gasteiger partial charge in [-0.15, -0.1) is 22.7 Å². The first-order valence-electron chi connectivity index (χ1n) is 17.0. The third-order valence-electron chi connectivity index (χ3n) is 9.95. The number of benzene rings is 8. The van der Waals surface area contributed by atoms with Crippen LogP contribution in [0.3, 0.4) is 0 Å². The number of thiophene rings is 2. The van der Waals surface area contributed by atoms with E-state index in [0.717, 1.165) is 82.2 Å². The third kappa shape index (κ3) is 5.22. The van der Waals surface area contributed by atoms with Crippen molar-refractivity contribution in [3.8, 4) is 0 Å². The minimum Gasteiger partial charge on any atom is -0.242 e. The van der Waals surface area contributed by atoms with Gasteiger partial charge in [-0.1, -0.05) is 124 Å². The number of hydrogen-bond acceptors (Lipinski definition) is 6. The number of aromatic nitrogens is 4. The summed E-state index contributed by atoms with van der Waals surface area (Å²) in [5.74, 6) is 0. The fraction of sp³-hybridized carbons (Fsp3) is 0. The Bertz CT molecular complexity index is 3580. The van der Waals surface area contributed by atoms with Crippen molar-refractivity contribution in [2.24, 2.45) is 0 Å². The molecule has 0 amide bonds. The quantitative estimate of drug-likeness (QED) is 0.142. The molecule has 12 rings (SSSR count). The first-order valence-corrected chi connectivity index (χ1v) is 21.8. The van der Waals surface area contributed by atoms with E-state index >= 15 is 0 Å². The van der Waals surface area contributed by atoms with E-state index in [-0.39, 0.29) is 0 Å². The van der Waals surface area contributed by atoms with Crippen molar-refractivity contribution in [1.82, 2.24) is 19.9 Å². The van der Waals surface area contributed by atoms with E-state index in [1.165, 1.54) is 41.7 Å².